The van der Waals surface area contributed by atoms with Gasteiger partial charge in [-0.2, -0.15) is 0 Å². The molecular formula is C17H13Cl2N5O. The van der Waals surface area contributed by atoms with Gasteiger partial charge < -0.3 is 11.5 Å². The van der Waals surface area contributed by atoms with Crippen molar-refractivity contribution in [3.8, 4) is 11.3 Å². The van der Waals surface area contributed by atoms with Gasteiger partial charge in [0.2, 0.25) is 0 Å². The molecule has 1 aromatic heterocycles. The summed E-state index contributed by atoms with van der Waals surface area (Å²) in [5.41, 5.74) is 13.0. The molecule has 0 saturated heterocycles. The lowest BCUT2D eigenvalue weighted by molar-refractivity contribution is 0.256. The van der Waals surface area contributed by atoms with Crippen molar-refractivity contribution in [2.45, 2.75) is 0 Å². The van der Waals surface area contributed by atoms with Gasteiger partial charge in [-0.25, -0.2) is 19.7 Å². The first-order valence-corrected chi connectivity index (χ1v) is 7.96. The maximum Gasteiger partial charge on any atom is 0.325 e. The van der Waals surface area contributed by atoms with Crippen molar-refractivity contribution < 1.29 is 4.79 Å². The number of hydrogen-bond donors (Lipinski definition) is 2. The van der Waals surface area contributed by atoms with Crippen LogP contribution in [0.25, 0.3) is 11.3 Å². The van der Waals surface area contributed by atoms with Gasteiger partial charge in [-0.3, -0.25) is 0 Å². The predicted molar refractivity (Wildman–Crippen MR) is 100 cm³/mol. The number of nitrogen functional groups attached to an aromatic ring is 1. The van der Waals surface area contributed by atoms with E-state index < -0.39 is 6.03 Å². The lowest BCUT2D eigenvalue weighted by atomic mass is 10.2. The molecule has 2 amide bonds. The average molecular weight is 374 g/mol. The smallest absolute Gasteiger partial charge is 0.325 e. The second-order valence-corrected chi connectivity index (χ2v) is 5.89. The highest BCUT2D eigenvalue weighted by molar-refractivity contribution is 6.40. The largest absolute Gasteiger partial charge is 0.381 e. The van der Waals surface area contributed by atoms with Gasteiger partial charge in [0.15, 0.2) is 11.6 Å². The molecule has 0 bridgehead atoms. The third-order valence-electron chi connectivity index (χ3n) is 3.44. The molecule has 2 aromatic carbocycles. The molecule has 25 heavy (non-hydrogen) atoms. The zero-order chi connectivity index (χ0) is 18.0. The molecule has 0 radical (unpaired) electrons. The van der Waals surface area contributed by atoms with Crippen molar-refractivity contribution in [1.82, 2.24) is 9.97 Å². The van der Waals surface area contributed by atoms with Crippen LogP contribution in [0.4, 0.5) is 22.1 Å². The van der Waals surface area contributed by atoms with Gasteiger partial charge in [0.25, 0.3) is 0 Å². The van der Waals surface area contributed by atoms with E-state index in [4.69, 9.17) is 34.7 Å². The maximum atomic E-state index is 12.1. The standard InChI is InChI=1S/C17H13Cl2N5O/c18-11-7-4-8-12(19)14(11)24(17(21)25)16-15(20)22-9-13(23-16)10-5-2-1-3-6-10/h1-9H,(H2,20,22)(H2,21,25). The summed E-state index contributed by atoms with van der Waals surface area (Å²) in [5, 5.41) is 0.468. The Bertz CT molecular complexity index is 913. The summed E-state index contributed by atoms with van der Waals surface area (Å²) >= 11 is 12.4. The molecule has 8 heteroatoms. The zero-order valence-corrected chi connectivity index (χ0v) is 14.4. The fourth-order valence-electron chi connectivity index (χ4n) is 2.32. The third kappa shape index (κ3) is 3.35. The third-order valence-corrected chi connectivity index (χ3v) is 4.05. The van der Waals surface area contributed by atoms with Crippen LogP contribution in [0.2, 0.25) is 10.0 Å². The van der Waals surface area contributed by atoms with Crippen molar-refractivity contribution in [1.29, 1.82) is 0 Å². The number of halogens is 2. The van der Waals surface area contributed by atoms with E-state index in [2.05, 4.69) is 9.97 Å². The fraction of sp³-hybridized carbons (Fsp3) is 0. The summed E-state index contributed by atoms with van der Waals surface area (Å²) in [5.74, 6) is 0.0818. The Kier molecular flexibility index (Phi) is 4.74. The van der Waals surface area contributed by atoms with Gasteiger partial charge in [-0.15, -0.1) is 0 Å². The van der Waals surface area contributed by atoms with Crippen LogP contribution in [0.15, 0.2) is 54.7 Å². The van der Waals surface area contributed by atoms with Crippen LogP contribution in [0.3, 0.4) is 0 Å². The second-order valence-electron chi connectivity index (χ2n) is 5.07. The summed E-state index contributed by atoms with van der Waals surface area (Å²) in [6.07, 6.45) is 1.52. The first kappa shape index (κ1) is 17.0. The Morgan fingerprint density at radius 1 is 1.00 bits per heavy atom. The van der Waals surface area contributed by atoms with Crippen molar-refractivity contribution in [2.75, 3.05) is 10.6 Å². The molecule has 0 fully saturated rings. The molecule has 3 aromatic rings. The number of hydrogen-bond acceptors (Lipinski definition) is 4. The van der Waals surface area contributed by atoms with Crippen LogP contribution in [0, 0.1) is 0 Å². The minimum Gasteiger partial charge on any atom is -0.381 e. The lowest BCUT2D eigenvalue weighted by Gasteiger charge is -2.23. The van der Waals surface area contributed by atoms with E-state index >= 15 is 0 Å². The van der Waals surface area contributed by atoms with Crippen LogP contribution in [-0.4, -0.2) is 16.0 Å². The lowest BCUT2D eigenvalue weighted by Crippen LogP contribution is -2.33. The molecule has 0 atom stereocenters. The number of urea groups is 1. The Hall–Kier alpha value is -2.83. The number of carbonyl (C=O) groups excluding carboxylic acids is 1. The van der Waals surface area contributed by atoms with Gasteiger partial charge in [-0.1, -0.05) is 59.6 Å². The van der Waals surface area contributed by atoms with Gasteiger partial charge in [0.05, 0.1) is 27.6 Å². The highest BCUT2D eigenvalue weighted by Gasteiger charge is 2.25. The number of primary amides is 1. The topological polar surface area (TPSA) is 98.1 Å². The monoisotopic (exact) mass is 373 g/mol. The number of carbonyl (C=O) groups is 1. The number of nitrogens with zero attached hydrogens (tertiary/aromatic N) is 3. The van der Waals surface area contributed by atoms with Crippen LogP contribution in [0.5, 0.6) is 0 Å². The molecule has 0 aliphatic carbocycles. The first-order valence-electron chi connectivity index (χ1n) is 7.20. The Morgan fingerprint density at radius 3 is 2.24 bits per heavy atom. The molecular weight excluding hydrogens is 361 g/mol. The van der Waals surface area contributed by atoms with E-state index in [1.54, 1.807) is 18.2 Å². The summed E-state index contributed by atoms with van der Waals surface area (Å²) in [7, 11) is 0. The Labute approximate surface area is 154 Å². The Morgan fingerprint density at radius 2 is 1.64 bits per heavy atom. The zero-order valence-electron chi connectivity index (χ0n) is 12.9. The number of benzene rings is 2. The number of aromatic nitrogens is 2. The SMILES string of the molecule is NC(=O)N(c1nc(-c2ccccc2)cnc1N)c1c(Cl)cccc1Cl. The molecule has 4 N–H and O–H groups in total. The van der Waals surface area contributed by atoms with E-state index in [1.165, 1.54) is 6.20 Å². The molecule has 0 spiro atoms. The van der Waals surface area contributed by atoms with Gasteiger partial charge in [0.1, 0.15) is 0 Å². The minimum absolute atomic E-state index is 0.0227. The highest BCUT2D eigenvalue weighted by atomic mass is 35.5. The number of anilines is 3. The molecule has 1 heterocycles. The van der Waals surface area contributed by atoms with Crippen molar-refractivity contribution in [2.24, 2.45) is 5.73 Å². The summed E-state index contributed by atoms with van der Waals surface area (Å²) in [4.78, 5) is 21.7. The van der Waals surface area contributed by atoms with Crippen molar-refractivity contribution in [3.05, 3.63) is 64.8 Å². The van der Waals surface area contributed by atoms with Gasteiger partial charge >= 0.3 is 6.03 Å². The normalized spacial score (nSPS) is 10.5. The Balaban J connectivity index is 2.20. The number of amides is 2. The van der Waals surface area contributed by atoms with Crippen LogP contribution < -0.4 is 16.4 Å². The van der Waals surface area contributed by atoms with Gasteiger partial charge in [0, 0.05) is 5.56 Å². The molecule has 0 aliphatic rings. The fourth-order valence-corrected chi connectivity index (χ4v) is 2.89. The average Bonchev–Trinajstić information content (AvgIpc) is 2.60. The summed E-state index contributed by atoms with van der Waals surface area (Å²) < 4.78 is 0. The maximum absolute atomic E-state index is 12.1. The van der Waals surface area contributed by atoms with Crippen molar-refractivity contribution >= 4 is 46.6 Å². The predicted octanol–water partition coefficient (Wildman–Crippen LogP) is 4.25. The van der Waals surface area contributed by atoms with Crippen molar-refractivity contribution in [3.63, 3.8) is 0 Å². The van der Waals surface area contributed by atoms with Gasteiger partial charge in [-0.05, 0) is 12.1 Å². The second kappa shape index (κ2) is 6.96. The summed E-state index contributed by atoms with van der Waals surface area (Å²) in [6, 6.07) is 13.3. The summed E-state index contributed by atoms with van der Waals surface area (Å²) in [6.45, 7) is 0. The molecule has 0 aliphatic heterocycles. The molecule has 6 nitrogen and oxygen atoms in total. The van der Waals surface area contributed by atoms with Crippen LogP contribution >= 0.6 is 23.2 Å². The highest BCUT2D eigenvalue weighted by Crippen LogP contribution is 2.39. The van der Waals surface area contributed by atoms with E-state index in [0.717, 1.165) is 10.5 Å². The van der Waals surface area contributed by atoms with E-state index in [9.17, 15) is 4.79 Å². The quantitative estimate of drug-likeness (QED) is 0.716. The molecule has 126 valence electrons. The molecule has 0 unspecified atom stereocenters. The van der Waals surface area contributed by atoms with Crippen LogP contribution in [-0.2, 0) is 0 Å². The van der Waals surface area contributed by atoms with E-state index in [0.29, 0.717) is 5.69 Å². The number of para-hydroxylation sites is 1. The first-order chi connectivity index (χ1) is 12.0. The molecule has 3 rings (SSSR count). The van der Waals surface area contributed by atoms with E-state index in [1.807, 2.05) is 30.3 Å². The molecule has 0 saturated carbocycles. The van der Waals surface area contributed by atoms with Crippen LogP contribution in [0.1, 0.15) is 0 Å². The minimum atomic E-state index is -0.832. The number of rotatable bonds is 3. The number of nitrogens with two attached hydrogens (primary N) is 2. The van der Waals surface area contributed by atoms with E-state index in [-0.39, 0.29) is 27.4 Å².